The minimum Gasteiger partial charge on any atom is -0.456 e. The third-order valence-corrected chi connectivity index (χ3v) is 4.16. The first-order chi connectivity index (χ1) is 10.3. The van der Waals surface area contributed by atoms with E-state index in [1.165, 1.54) is 18.4 Å². The lowest BCUT2D eigenvalue weighted by molar-refractivity contribution is 0.627. The molecule has 1 N–H and O–H groups in total. The van der Waals surface area contributed by atoms with E-state index in [9.17, 15) is 0 Å². The van der Waals surface area contributed by atoms with E-state index in [0.717, 1.165) is 33.9 Å². The second-order valence-corrected chi connectivity index (χ2v) is 6.04. The zero-order chi connectivity index (χ0) is 14.2. The Balaban J connectivity index is 1.75. The van der Waals surface area contributed by atoms with Gasteiger partial charge < -0.3 is 9.73 Å². The van der Waals surface area contributed by atoms with Crippen molar-refractivity contribution in [3.8, 4) is 11.3 Å². The molecule has 0 bridgehead atoms. The molecule has 2 aromatic carbocycles. The van der Waals surface area contributed by atoms with E-state index in [-0.39, 0.29) is 0 Å². The van der Waals surface area contributed by atoms with Gasteiger partial charge in [0.25, 0.3) is 0 Å². The number of hydrogen-bond donors (Lipinski definition) is 1. The average molecular weight is 298 g/mol. The molecule has 1 aliphatic carbocycles. The lowest BCUT2D eigenvalue weighted by Crippen LogP contribution is -2.15. The van der Waals surface area contributed by atoms with Crippen molar-refractivity contribution < 1.29 is 4.42 Å². The summed E-state index contributed by atoms with van der Waals surface area (Å²) in [7, 11) is 0. The van der Waals surface area contributed by atoms with Crippen molar-refractivity contribution in [3.05, 3.63) is 59.1 Å². The second kappa shape index (κ2) is 5.21. The van der Waals surface area contributed by atoms with E-state index < -0.39 is 0 Å². The summed E-state index contributed by atoms with van der Waals surface area (Å²) in [6, 6.07) is 16.9. The predicted molar refractivity (Wildman–Crippen MR) is 86.5 cm³/mol. The fraction of sp³-hybridized carbons (Fsp3) is 0.222. The summed E-state index contributed by atoms with van der Waals surface area (Å²) in [5.74, 6) is 0.881. The molecule has 3 aromatic rings. The number of halogens is 1. The maximum atomic E-state index is 6.18. The topological polar surface area (TPSA) is 25.2 Å². The van der Waals surface area contributed by atoms with E-state index in [0.29, 0.717) is 6.04 Å². The van der Waals surface area contributed by atoms with Crippen LogP contribution in [0.1, 0.15) is 18.4 Å². The largest absolute Gasteiger partial charge is 0.456 e. The SMILES string of the molecule is Clc1ccc(CNC2CC2)c(-c2cc3ccccc3o2)c1. The van der Waals surface area contributed by atoms with Gasteiger partial charge in [-0.05, 0) is 42.7 Å². The molecule has 4 rings (SSSR count). The number of furan rings is 1. The number of para-hydroxylation sites is 1. The van der Waals surface area contributed by atoms with E-state index in [4.69, 9.17) is 16.0 Å². The predicted octanol–water partition coefficient (Wildman–Crippen LogP) is 5.01. The summed E-state index contributed by atoms with van der Waals surface area (Å²) >= 11 is 6.18. The van der Waals surface area contributed by atoms with Crippen molar-refractivity contribution in [2.24, 2.45) is 0 Å². The van der Waals surface area contributed by atoms with Crippen LogP contribution in [0.5, 0.6) is 0 Å². The van der Waals surface area contributed by atoms with Crippen LogP contribution in [0.3, 0.4) is 0 Å². The Labute approximate surface area is 128 Å². The average Bonchev–Trinajstić information content (AvgIpc) is 3.22. The minimum atomic E-state index is 0.684. The van der Waals surface area contributed by atoms with E-state index in [1.54, 1.807) is 0 Å². The molecule has 0 unspecified atom stereocenters. The van der Waals surface area contributed by atoms with Gasteiger partial charge in [-0.2, -0.15) is 0 Å². The highest BCUT2D eigenvalue weighted by Crippen LogP contribution is 2.32. The summed E-state index contributed by atoms with van der Waals surface area (Å²) in [6.45, 7) is 0.855. The Kier molecular flexibility index (Phi) is 3.21. The third-order valence-electron chi connectivity index (χ3n) is 3.92. The first-order valence-electron chi connectivity index (χ1n) is 7.30. The molecule has 0 saturated heterocycles. The van der Waals surface area contributed by atoms with Gasteiger partial charge in [-0.3, -0.25) is 0 Å². The van der Waals surface area contributed by atoms with Gasteiger partial charge >= 0.3 is 0 Å². The summed E-state index contributed by atoms with van der Waals surface area (Å²) in [6.07, 6.45) is 2.57. The van der Waals surface area contributed by atoms with Crippen LogP contribution in [0.25, 0.3) is 22.3 Å². The lowest BCUT2D eigenvalue weighted by Gasteiger charge is -2.09. The van der Waals surface area contributed by atoms with E-state index >= 15 is 0 Å². The maximum Gasteiger partial charge on any atom is 0.135 e. The van der Waals surface area contributed by atoms with Crippen molar-refractivity contribution in [2.45, 2.75) is 25.4 Å². The van der Waals surface area contributed by atoms with Crippen LogP contribution < -0.4 is 5.32 Å². The first-order valence-corrected chi connectivity index (χ1v) is 7.68. The molecular formula is C18H16ClNO. The summed E-state index contributed by atoms with van der Waals surface area (Å²) in [5.41, 5.74) is 3.21. The van der Waals surface area contributed by atoms with Crippen LogP contribution in [-0.2, 0) is 6.54 Å². The Bertz CT molecular complexity index is 756. The molecule has 0 atom stereocenters. The quantitative estimate of drug-likeness (QED) is 0.732. The van der Waals surface area contributed by atoms with Crippen molar-refractivity contribution in [2.75, 3.05) is 0 Å². The van der Waals surface area contributed by atoms with Crippen LogP contribution in [-0.4, -0.2) is 6.04 Å². The van der Waals surface area contributed by atoms with Gasteiger partial charge in [0.1, 0.15) is 11.3 Å². The minimum absolute atomic E-state index is 0.684. The number of rotatable bonds is 4. The molecule has 106 valence electrons. The van der Waals surface area contributed by atoms with Gasteiger partial charge in [0.15, 0.2) is 0 Å². The van der Waals surface area contributed by atoms with Gasteiger partial charge in [0, 0.05) is 28.6 Å². The molecule has 1 saturated carbocycles. The third kappa shape index (κ3) is 2.69. The van der Waals surface area contributed by atoms with Crippen molar-refractivity contribution in [3.63, 3.8) is 0 Å². The smallest absolute Gasteiger partial charge is 0.135 e. The van der Waals surface area contributed by atoms with Crippen LogP contribution in [0, 0.1) is 0 Å². The fourth-order valence-corrected chi connectivity index (χ4v) is 2.76. The van der Waals surface area contributed by atoms with Crippen molar-refractivity contribution >= 4 is 22.6 Å². The molecule has 1 aromatic heterocycles. The summed E-state index contributed by atoms with van der Waals surface area (Å²) in [4.78, 5) is 0. The highest BCUT2D eigenvalue weighted by Gasteiger charge is 2.21. The Morgan fingerprint density at radius 3 is 2.76 bits per heavy atom. The Morgan fingerprint density at radius 1 is 1.10 bits per heavy atom. The van der Waals surface area contributed by atoms with E-state index in [1.807, 2.05) is 30.3 Å². The second-order valence-electron chi connectivity index (χ2n) is 5.61. The fourth-order valence-electron chi connectivity index (χ4n) is 2.59. The molecule has 1 heterocycles. The zero-order valence-electron chi connectivity index (χ0n) is 11.6. The van der Waals surface area contributed by atoms with Crippen molar-refractivity contribution in [1.29, 1.82) is 0 Å². The van der Waals surface area contributed by atoms with E-state index in [2.05, 4.69) is 23.5 Å². The Hall–Kier alpha value is -1.77. The normalized spacial score (nSPS) is 14.7. The molecule has 0 spiro atoms. The number of fused-ring (bicyclic) bond motifs is 1. The Morgan fingerprint density at radius 2 is 1.95 bits per heavy atom. The monoisotopic (exact) mass is 297 g/mol. The number of nitrogens with one attached hydrogen (secondary N) is 1. The van der Waals surface area contributed by atoms with Crippen LogP contribution in [0.4, 0.5) is 0 Å². The van der Waals surface area contributed by atoms with Crippen molar-refractivity contribution in [1.82, 2.24) is 5.32 Å². The summed E-state index contributed by atoms with van der Waals surface area (Å²) in [5, 5.41) is 5.41. The maximum absolute atomic E-state index is 6.18. The van der Waals surface area contributed by atoms with Crippen LogP contribution >= 0.6 is 11.6 Å². The lowest BCUT2D eigenvalue weighted by atomic mass is 10.0. The van der Waals surface area contributed by atoms with Crippen LogP contribution in [0.15, 0.2) is 52.9 Å². The van der Waals surface area contributed by atoms with Gasteiger partial charge in [-0.15, -0.1) is 0 Å². The number of benzene rings is 2. The molecule has 0 radical (unpaired) electrons. The molecule has 3 heteroatoms. The van der Waals surface area contributed by atoms with Gasteiger partial charge in [-0.1, -0.05) is 35.9 Å². The van der Waals surface area contributed by atoms with Gasteiger partial charge in [-0.25, -0.2) is 0 Å². The first kappa shape index (κ1) is 12.9. The standard InChI is InChI=1S/C18H16ClNO/c19-14-6-5-13(11-20-15-7-8-15)16(10-14)18-9-12-3-1-2-4-17(12)21-18/h1-6,9-10,15,20H,7-8,11H2. The summed E-state index contributed by atoms with van der Waals surface area (Å²) < 4.78 is 5.99. The molecular weight excluding hydrogens is 282 g/mol. The highest BCUT2D eigenvalue weighted by molar-refractivity contribution is 6.30. The molecule has 21 heavy (non-hydrogen) atoms. The van der Waals surface area contributed by atoms with Gasteiger partial charge in [0.05, 0.1) is 0 Å². The number of hydrogen-bond acceptors (Lipinski definition) is 2. The molecule has 1 aliphatic rings. The molecule has 0 aliphatic heterocycles. The zero-order valence-corrected chi connectivity index (χ0v) is 12.4. The molecule has 1 fully saturated rings. The molecule has 2 nitrogen and oxygen atoms in total. The van der Waals surface area contributed by atoms with Gasteiger partial charge in [0.2, 0.25) is 0 Å². The molecule has 0 amide bonds. The van der Waals surface area contributed by atoms with Crippen LogP contribution in [0.2, 0.25) is 5.02 Å². The highest BCUT2D eigenvalue weighted by atomic mass is 35.5.